The molecule has 0 aliphatic heterocycles. The summed E-state index contributed by atoms with van der Waals surface area (Å²) in [6.45, 7) is 0.802. The molecule has 0 saturated heterocycles. The first kappa shape index (κ1) is 11.9. The van der Waals surface area contributed by atoms with Crippen molar-refractivity contribution in [3.05, 3.63) is 29.1 Å². The number of phenols is 1. The zero-order chi connectivity index (χ0) is 11.6. The maximum atomic E-state index is 13.0. The highest BCUT2D eigenvalue weighted by atomic mass is 19.1. The van der Waals surface area contributed by atoms with Crippen molar-refractivity contribution >= 4 is 0 Å². The average molecular weight is 216 g/mol. The SMILES string of the molecule is Cc1cc(F)cc(C(O)C(O)CO)c1O. The first-order valence-electron chi connectivity index (χ1n) is 4.43. The Morgan fingerprint density at radius 2 is 1.93 bits per heavy atom. The van der Waals surface area contributed by atoms with E-state index in [0.717, 1.165) is 12.1 Å². The fourth-order valence-electron chi connectivity index (χ4n) is 1.29. The number of aromatic hydroxyl groups is 1. The lowest BCUT2D eigenvalue weighted by Crippen LogP contribution is -2.22. The van der Waals surface area contributed by atoms with Crippen LogP contribution >= 0.6 is 0 Å². The number of aryl methyl sites for hydroxylation is 1. The van der Waals surface area contributed by atoms with Gasteiger partial charge in [-0.2, -0.15) is 0 Å². The second-order valence-corrected chi connectivity index (χ2v) is 3.36. The van der Waals surface area contributed by atoms with Crippen LogP contribution in [-0.2, 0) is 0 Å². The molecule has 4 nitrogen and oxygen atoms in total. The number of phenolic OH excluding ortho intramolecular Hbond substituents is 1. The van der Waals surface area contributed by atoms with Crippen LogP contribution in [0.4, 0.5) is 4.39 Å². The number of halogens is 1. The third kappa shape index (κ3) is 2.44. The number of hydrogen-bond donors (Lipinski definition) is 4. The third-order valence-corrected chi connectivity index (χ3v) is 2.16. The summed E-state index contributed by atoms with van der Waals surface area (Å²) in [7, 11) is 0. The smallest absolute Gasteiger partial charge is 0.124 e. The van der Waals surface area contributed by atoms with Gasteiger partial charge in [-0.1, -0.05) is 0 Å². The summed E-state index contributed by atoms with van der Waals surface area (Å²) in [4.78, 5) is 0. The van der Waals surface area contributed by atoms with E-state index in [2.05, 4.69) is 0 Å². The molecule has 2 unspecified atom stereocenters. The predicted octanol–water partition coefficient (Wildman–Crippen LogP) is 0.226. The highest BCUT2D eigenvalue weighted by molar-refractivity contribution is 5.41. The van der Waals surface area contributed by atoms with E-state index in [9.17, 15) is 14.6 Å². The van der Waals surface area contributed by atoms with Gasteiger partial charge in [-0.3, -0.25) is 0 Å². The van der Waals surface area contributed by atoms with Crippen molar-refractivity contribution in [1.29, 1.82) is 0 Å². The number of benzene rings is 1. The Morgan fingerprint density at radius 3 is 2.47 bits per heavy atom. The zero-order valence-electron chi connectivity index (χ0n) is 8.18. The van der Waals surface area contributed by atoms with E-state index in [1.807, 2.05) is 0 Å². The van der Waals surface area contributed by atoms with Crippen molar-refractivity contribution < 1.29 is 24.8 Å². The second kappa shape index (κ2) is 4.57. The molecular formula is C10H13FO4. The molecule has 0 radical (unpaired) electrons. The van der Waals surface area contributed by atoms with Crippen LogP contribution < -0.4 is 0 Å². The van der Waals surface area contributed by atoms with E-state index in [1.165, 1.54) is 6.92 Å². The van der Waals surface area contributed by atoms with Gasteiger partial charge in [-0.05, 0) is 24.6 Å². The van der Waals surface area contributed by atoms with E-state index >= 15 is 0 Å². The Kier molecular flexibility index (Phi) is 3.62. The van der Waals surface area contributed by atoms with Crippen LogP contribution in [0, 0.1) is 12.7 Å². The van der Waals surface area contributed by atoms with Crippen LogP contribution in [0.1, 0.15) is 17.2 Å². The Labute approximate surface area is 86.2 Å². The molecule has 1 aromatic rings. The Balaban J connectivity index is 3.13. The lowest BCUT2D eigenvalue weighted by molar-refractivity contribution is -0.0163. The van der Waals surface area contributed by atoms with Crippen molar-refractivity contribution in [3.8, 4) is 5.75 Å². The Morgan fingerprint density at radius 1 is 1.33 bits per heavy atom. The van der Waals surface area contributed by atoms with Crippen LogP contribution in [0.5, 0.6) is 5.75 Å². The summed E-state index contributed by atoms with van der Waals surface area (Å²) < 4.78 is 13.0. The maximum absolute atomic E-state index is 13.0. The van der Waals surface area contributed by atoms with E-state index in [1.54, 1.807) is 0 Å². The van der Waals surface area contributed by atoms with Crippen molar-refractivity contribution in [1.82, 2.24) is 0 Å². The van der Waals surface area contributed by atoms with E-state index in [0.29, 0.717) is 0 Å². The number of aliphatic hydroxyl groups is 3. The first-order valence-corrected chi connectivity index (χ1v) is 4.43. The van der Waals surface area contributed by atoms with E-state index < -0.39 is 24.6 Å². The van der Waals surface area contributed by atoms with Crippen LogP contribution in [0.3, 0.4) is 0 Å². The Bertz CT molecular complexity index is 354. The largest absolute Gasteiger partial charge is 0.507 e. The lowest BCUT2D eigenvalue weighted by atomic mass is 10.0. The molecule has 2 atom stereocenters. The molecule has 4 N–H and O–H groups in total. The van der Waals surface area contributed by atoms with Gasteiger partial charge >= 0.3 is 0 Å². The fraction of sp³-hybridized carbons (Fsp3) is 0.400. The summed E-state index contributed by atoms with van der Waals surface area (Å²) in [5.41, 5.74) is 0.128. The normalized spacial score (nSPS) is 15.0. The predicted molar refractivity (Wildman–Crippen MR) is 50.9 cm³/mol. The van der Waals surface area contributed by atoms with Crippen LogP contribution in [0.25, 0.3) is 0 Å². The van der Waals surface area contributed by atoms with Crippen LogP contribution in [0.15, 0.2) is 12.1 Å². The molecule has 5 heteroatoms. The van der Waals surface area contributed by atoms with Crippen molar-refractivity contribution in [3.63, 3.8) is 0 Å². The van der Waals surface area contributed by atoms with E-state index in [-0.39, 0.29) is 16.9 Å². The monoisotopic (exact) mass is 216 g/mol. The molecule has 0 bridgehead atoms. The fourth-order valence-corrected chi connectivity index (χ4v) is 1.29. The standard InChI is InChI=1S/C10H13FO4/c1-5-2-6(11)3-7(9(5)14)10(15)8(13)4-12/h2-3,8,10,12-15H,4H2,1H3. The quantitative estimate of drug-likeness (QED) is 0.583. The summed E-state index contributed by atoms with van der Waals surface area (Å²) in [5, 5.41) is 36.8. The van der Waals surface area contributed by atoms with Crippen LogP contribution in [-0.4, -0.2) is 33.1 Å². The molecular weight excluding hydrogens is 203 g/mol. The van der Waals surface area contributed by atoms with Gasteiger partial charge in [0.1, 0.15) is 23.8 Å². The van der Waals surface area contributed by atoms with Crippen molar-refractivity contribution in [2.24, 2.45) is 0 Å². The number of hydrogen-bond acceptors (Lipinski definition) is 4. The summed E-state index contributed by atoms with van der Waals surface area (Å²) in [5.74, 6) is -0.902. The van der Waals surface area contributed by atoms with E-state index in [4.69, 9.17) is 10.2 Å². The minimum absolute atomic E-state index is 0.131. The molecule has 0 fully saturated rings. The van der Waals surface area contributed by atoms with Gasteiger partial charge in [0.25, 0.3) is 0 Å². The summed E-state index contributed by atoms with van der Waals surface area (Å²) in [6, 6.07) is 2.03. The lowest BCUT2D eigenvalue weighted by Gasteiger charge is -2.18. The van der Waals surface area contributed by atoms with Gasteiger partial charge in [0, 0.05) is 5.56 Å². The molecule has 0 heterocycles. The maximum Gasteiger partial charge on any atom is 0.124 e. The van der Waals surface area contributed by atoms with Gasteiger partial charge in [0.15, 0.2) is 0 Å². The minimum atomic E-state index is -1.51. The molecule has 1 rings (SSSR count). The molecule has 0 aliphatic rings. The van der Waals surface area contributed by atoms with Crippen molar-refractivity contribution in [2.45, 2.75) is 19.1 Å². The summed E-state index contributed by atoms with van der Waals surface area (Å²) in [6.07, 6.45) is -2.96. The van der Waals surface area contributed by atoms with Crippen molar-refractivity contribution in [2.75, 3.05) is 6.61 Å². The van der Waals surface area contributed by atoms with Gasteiger partial charge in [0.2, 0.25) is 0 Å². The second-order valence-electron chi connectivity index (χ2n) is 3.36. The number of aliphatic hydroxyl groups excluding tert-OH is 3. The Hall–Kier alpha value is -1.17. The van der Waals surface area contributed by atoms with Crippen LogP contribution in [0.2, 0.25) is 0 Å². The summed E-state index contributed by atoms with van der Waals surface area (Å²) >= 11 is 0. The molecule has 0 amide bonds. The topological polar surface area (TPSA) is 80.9 Å². The molecule has 0 aromatic heterocycles. The van der Waals surface area contributed by atoms with Gasteiger partial charge in [0.05, 0.1) is 6.61 Å². The first-order chi connectivity index (χ1) is 6.97. The zero-order valence-corrected chi connectivity index (χ0v) is 8.18. The number of rotatable bonds is 3. The van der Waals surface area contributed by atoms with Gasteiger partial charge < -0.3 is 20.4 Å². The van der Waals surface area contributed by atoms with Gasteiger partial charge in [-0.15, -0.1) is 0 Å². The molecule has 0 spiro atoms. The minimum Gasteiger partial charge on any atom is -0.507 e. The highest BCUT2D eigenvalue weighted by Crippen LogP contribution is 2.30. The van der Waals surface area contributed by atoms with Gasteiger partial charge in [-0.25, -0.2) is 4.39 Å². The molecule has 1 aromatic carbocycles. The molecule has 84 valence electrons. The third-order valence-electron chi connectivity index (χ3n) is 2.16. The molecule has 0 aliphatic carbocycles. The highest BCUT2D eigenvalue weighted by Gasteiger charge is 2.22. The molecule has 15 heavy (non-hydrogen) atoms. The molecule has 0 saturated carbocycles. The average Bonchev–Trinajstić information content (AvgIpc) is 2.21.